The Morgan fingerprint density at radius 1 is 1.18 bits per heavy atom. The van der Waals surface area contributed by atoms with Crippen molar-refractivity contribution in [3.05, 3.63) is 0 Å². The van der Waals surface area contributed by atoms with Crippen molar-refractivity contribution in [2.75, 3.05) is 45.5 Å². The van der Waals surface area contributed by atoms with E-state index in [-0.39, 0.29) is 24.0 Å². The van der Waals surface area contributed by atoms with Crippen molar-refractivity contribution in [2.45, 2.75) is 44.3 Å². The zero-order valence-electron chi connectivity index (χ0n) is 14.1. The van der Waals surface area contributed by atoms with Gasteiger partial charge in [0.15, 0.2) is 5.96 Å². The number of rotatable bonds is 6. The van der Waals surface area contributed by atoms with Crippen LogP contribution in [0.25, 0.3) is 0 Å². The Morgan fingerprint density at radius 3 is 2.50 bits per heavy atom. The highest BCUT2D eigenvalue weighted by Crippen LogP contribution is 2.25. The molecule has 2 rings (SSSR count). The number of likely N-dealkylation sites (tertiary alicyclic amines) is 1. The summed E-state index contributed by atoms with van der Waals surface area (Å²) >= 11 is 2.10. The maximum Gasteiger partial charge on any atom is 0.191 e. The first-order chi connectivity index (χ1) is 10.3. The summed E-state index contributed by atoms with van der Waals surface area (Å²) in [7, 11) is 1.88. The number of nitrogens with one attached hydrogen (secondary N) is 2. The van der Waals surface area contributed by atoms with Crippen LogP contribution in [0.1, 0.15) is 39.0 Å². The molecule has 0 aromatic heterocycles. The molecule has 22 heavy (non-hydrogen) atoms. The van der Waals surface area contributed by atoms with Gasteiger partial charge in [-0.1, -0.05) is 6.92 Å². The molecule has 2 fully saturated rings. The normalized spacial score (nSPS) is 24.1. The minimum absolute atomic E-state index is 0. The van der Waals surface area contributed by atoms with Crippen LogP contribution in [0.4, 0.5) is 0 Å². The third kappa shape index (κ3) is 7.25. The van der Waals surface area contributed by atoms with E-state index in [4.69, 9.17) is 0 Å². The molecule has 0 aromatic rings. The smallest absolute Gasteiger partial charge is 0.191 e. The molecule has 2 saturated heterocycles. The first-order valence-electron chi connectivity index (χ1n) is 8.60. The number of guanidine groups is 1. The molecule has 1 atom stereocenters. The number of piperidine rings is 1. The molecule has 0 bridgehead atoms. The van der Waals surface area contributed by atoms with Crippen LogP contribution in [0.2, 0.25) is 0 Å². The van der Waals surface area contributed by atoms with Gasteiger partial charge in [0.25, 0.3) is 0 Å². The average molecular weight is 440 g/mol. The second-order valence-electron chi connectivity index (χ2n) is 6.25. The number of nitrogens with zero attached hydrogens (tertiary/aromatic N) is 2. The van der Waals surface area contributed by atoms with E-state index in [1.165, 1.54) is 57.5 Å². The Hall–Kier alpha value is 0.310. The zero-order valence-corrected chi connectivity index (χ0v) is 17.3. The monoisotopic (exact) mass is 440 g/mol. The van der Waals surface area contributed by atoms with Gasteiger partial charge < -0.3 is 15.5 Å². The zero-order chi connectivity index (χ0) is 14.9. The molecule has 0 amide bonds. The SMILES string of the molecule is CCCN1CCC(CNC(=NC)NCC2CCCS2)CC1.I. The minimum atomic E-state index is 0. The lowest BCUT2D eigenvalue weighted by Crippen LogP contribution is -2.44. The topological polar surface area (TPSA) is 39.7 Å². The predicted octanol–water partition coefficient (Wildman–Crippen LogP) is 2.79. The molecule has 0 saturated carbocycles. The van der Waals surface area contributed by atoms with Crippen LogP contribution in [-0.2, 0) is 0 Å². The van der Waals surface area contributed by atoms with E-state index in [9.17, 15) is 0 Å². The van der Waals surface area contributed by atoms with E-state index in [0.29, 0.717) is 0 Å². The molecule has 0 aromatic carbocycles. The molecule has 2 N–H and O–H groups in total. The molecule has 0 radical (unpaired) electrons. The van der Waals surface area contributed by atoms with E-state index < -0.39 is 0 Å². The average Bonchev–Trinajstić information content (AvgIpc) is 3.03. The molecule has 2 aliphatic heterocycles. The van der Waals surface area contributed by atoms with Gasteiger partial charge in [-0.15, -0.1) is 24.0 Å². The highest BCUT2D eigenvalue weighted by molar-refractivity contribution is 14.0. The Bertz CT molecular complexity index is 313. The predicted molar refractivity (Wildman–Crippen MR) is 110 cm³/mol. The summed E-state index contributed by atoms with van der Waals surface area (Å²) in [5, 5.41) is 7.79. The summed E-state index contributed by atoms with van der Waals surface area (Å²) in [6.45, 7) is 8.20. The van der Waals surface area contributed by atoms with Crippen molar-refractivity contribution < 1.29 is 0 Å². The number of aliphatic imine (C=N–C) groups is 1. The van der Waals surface area contributed by atoms with Gasteiger partial charge in [0.2, 0.25) is 0 Å². The third-order valence-electron chi connectivity index (χ3n) is 4.55. The highest BCUT2D eigenvalue weighted by Gasteiger charge is 2.19. The standard InChI is InChI=1S/C16H32N4S.HI/c1-3-8-20-9-6-14(7-10-20)12-18-16(17-2)19-13-15-5-4-11-21-15;/h14-15H,3-13H2,1-2H3,(H2,17,18,19);1H. The van der Waals surface area contributed by atoms with Crippen molar-refractivity contribution in [3.63, 3.8) is 0 Å². The fourth-order valence-corrected chi connectivity index (χ4v) is 4.41. The quantitative estimate of drug-likeness (QED) is 0.379. The van der Waals surface area contributed by atoms with Crippen LogP contribution in [0, 0.1) is 5.92 Å². The molecule has 4 nitrogen and oxygen atoms in total. The second-order valence-corrected chi connectivity index (χ2v) is 7.66. The van der Waals surface area contributed by atoms with E-state index in [1.807, 2.05) is 7.05 Å². The van der Waals surface area contributed by atoms with Crippen molar-refractivity contribution in [3.8, 4) is 0 Å². The molecule has 1 unspecified atom stereocenters. The minimum Gasteiger partial charge on any atom is -0.356 e. The molecule has 130 valence electrons. The molecule has 0 spiro atoms. The Labute approximate surface area is 157 Å². The fraction of sp³-hybridized carbons (Fsp3) is 0.938. The van der Waals surface area contributed by atoms with E-state index in [0.717, 1.165) is 30.2 Å². The van der Waals surface area contributed by atoms with Crippen molar-refractivity contribution >= 4 is 41.7 Å². The van der Waals surface area contributed by atoms with Gasteiger partial charge in [-0.3, -0.25) is 4.99 Å². The lowest BCUT2D eigenvalue weighted by Gasteiger charge is -2.32. The number of hydrogen-bond acceptors (Lipinski definition) is 3. The number of thioether (sulfide) groups is 1. The second kappa shape index (κ2) is 11.8. The number of halogens is 1. The highest BCUT2D eigenvalue weighted by atomic mass is 127. The summed E-state index contributed by atoms with van der Waals surface area (Å²) in [5.41, 5.74) is 0. The molecule has 2 aliphatic rings. The van der Waals surface area contributed by atoms with Gasteiger partial charge >= 0.3 is 0 Å². The van der Waals surface area contributed by atoms with E-state index >= 15 is 0 Å². The maximum absolute atomic E-state index is 4.35. The van der Waals surface area contributed by atoms with Gasteiger partial charge in [-0.05, 0) is 63.4 Å². The summed E-state index contributed by atoms with van der Waals surface area (Å²) in [6.07, 6.45) is 6.65. The summed E-state index contributed by atoms with van der Waals surface area (Å²) < 4.78 is 0. The summed E-state index contributed by atoms with van der Waals surface area (Å²) in [6, 6.07) is 0. The molecule has 0 aliphatic carbocycles. The van der Waals surface area contributed by atoms with Crippen LogP contribution in [0.5, 0.6) is 0 Å². The Kier molecular flexibility index (Phi) is 10.9. The number of hydrogen-bond donors (Lipinski definition) is 2. The Morgan fingerprint density at radius 2 is 1.91 bits per heavy atom. The van der Waals surface area contributed by atoms with Crippen molar-refractivity contribution in [1.29, 1.82) is 0 Å². The first-order valence-corrected chi connectivity index (χ1v) is 9.65. The van der Waals surface area contributed by atoms with Crippen LogP contribution in [0.3, 0.4) is 0 Å². The molecule has 6 heteroatoms. The first kappa shape index (κ1) is 20.4. The fourth-order valence-electron chi connectivity index (χ4n) is 3.21. The molecular formula is C16H33IN4S. The van der Waals surface area contributed by atoms with Crippen molar-refractivity contribution in [2.24, 2.45) is 10.9 Å². The van der Waals surface area contributed by atoms with Crippen LogP contribution < -0.4 is 10.6 Å². The van der Waals surface area contributed by atoms with Gasteiger partial charge in [-0.25, -0.2) is 0 Å². The summed E-state index contributed by atoms with van der Waals surface area (Å²) in [5.74, 6) is 3.12. The third-order valence-corrected chi connectivity index (χ3v) is 5.95. The van der Waals surface area contributed by atoms with Crippen LogP contribution in [-0.4, -0.2) is 61.6 Å². The molecular weight excluding hydrogens is 407 g/mol. The van der Waals surface area contributed by atoms with E-state index in [1.54, 1.807) is 0 Å². The van der Waals surface area contributed by atoms with Gasteiger partial charge in [0.05, 0.1) is 0 Å². The van der Waals surface area contributed by atoms with Gasteiger partial charge in [0.1, 0.15) is 0 Å². The van der Waals surface area contributed by atoms with Crippen LogP contribution >= 0.6 is 35.7 Å². The molecule has 2 heterocycles. The van der Waals surface area contributed by atoms with Crippen LogP contribution in [0.15, 0.2) is 4.99 Å². The van der Waals surface area contributed by atoms with Crippen molar-refractivity contribution in [1.82, 2.24) is 15.5 Å². The van der Waals surface area contributed by atoms with E-state index in [2.05, 4.69) is 39.2 Å². The van der Waals surface area contributed by atoms with Gasteiger partial charge in [0, 0.05) is 25.4 Å². The Balaban J connectivity index is 0.00000242. The lowest BCUT2D eigenvalue weighted by atomic mass is 9.97. The van der Waals surface area contributed by atoms with Gasteiger partial charge in [-0.2, -0.15) is 11.8 Å². The summed E-state index contributed by atoms with van der Waals surface area (Å²) in [4.78, 5) is 6.95. The largest absolute Gasteiger partial charge is 0.356 e. The lowest BCUT2D eigenvalue weighted by molar-refractivity contribution is 0.185. The maximum atomic E-state index is 4.35.